The van der Waals surface area contributed by atoms with Gasteiger partial charge in [0, 0.05) is 6.07 Å². The average Bonchev–Trinajstić information content (AvgIpc) is 2.32. The van der Waals surface area contributed by atoms with Gasteiger partial charge in [-0.25, -0.2) is 8.78 Å². The molecule has 0 heterocycles. The first kappa shape index (κ1) is 15.4. The summed E-state index contributed by atoms with van der Waals surface area (Å²) in [4.78, 5) is 0. The van der Waals surface area contributed by atoms with Crippen molar-refractivity contribution in [3.05, 3.63) is 35.4 Å². The van der Waals surface area contributed by atoms with E-state index in [2.05, 4.69) is 20.8 Å². The monoisotopic (exact) mass is 282 g/mol. The smallest absolute Gasteiger partial charge is 0.129 e. The van der Waals surface area contributed by atoms with Crippen molar-refractivity contribution in [1.82, 2.24) is 0 Å². The highest BCUT2D eigenvalue weighted by Crippen LogP contribution is 2.42. The second-order valence-corrected chi connectivity index (χ2v) is 6.99. The normalized spacial score (nSPS) is 27.6. The lowest BCUT2D eigenvalue weighted by Gasteiger charge is -2.42. The highest BCUT2D eigenvalue weighted by molar-refractivity contribution is 5.20. The van der Waals surface area contributed by atoms with Crippen LogP contribution in [0.3, 0.4) is 0 Å². The summed E-state index contributed by atoms with van der Waals surface area (Å²) in [6.07, 6.45) is 3.10. The van der Waals surface area contributed by atoms with Gasteiger partial charge in [-0.2, -0.15) is 0 Å². The zero-order chi connectivity index (χ0) is 14.9. The molecular weight excluding hydrogens is 258 g/mol. The van der Waals surface area contributed by atoms with Crippen LogP contribution >= 0.6 is 0 Å². The van der Waals surface area contributed by atoms with Crippen molar-refractivity contribution in [3.63, 3.8) is 0 Å². The molecule has 0 aromatic heterocycles. The molecule has 1 aromatic rings. The Balaban J connectivity index is 2.14. The Labute approximate surface area is 120 Å². The number of aliphatic hydroxyl groups is 1. The van der Waals surface area contributed by atoms with Crippen molar-refractivity contribution in [2.24, 2.45) is 17.3 Å². The van der Waals surface area contributed by atoms with E-state index in [0.29, 0.717) is 17.9 Å². The largest absolute Gasteiger partial charge is 0.393 e. The molecule has 1 aliphatic carbocycles. The number of rotatable bonds is 3. The molecule has 1 aliphatic rings. The first-order chi connectivity index (χ1) is 9.29. The molecule has 0 bridgehead atoms. The second kappa shape index (κ2) is 5.80. The summed E-state index contributed by atoms with van der Waals surface area (Å²) in [5.74, 6) is -0.310. The van der Waals surface area contributed by atoms with Gasteiger partial charge in [-0.05, 0) is 48.1 Å². The molecule has 3 unspecified atom stereocenters. The Morgan fingerprint density at radius 1 is 1.25 bits per heavy atom. The molecule has 1 aromatic carbocycles. The maximum absolute atomic E-state index is 13.8. The predicted molar refractivity (Wildman–Crippen MR) is 76.4 cm³/mol. The molecule has 1 saturated carbocycles. The number of halogens is 2. The van der Waals surface area contributed by atoms with Crippen molar-refractivity contribution in [3.8, 4) is 0 Å². The first-order valence-electron chi connectivity index (χ1n) is 7.41. The molecule has 0 radical (unpaired) electrons. The molecule has 0 spiro atoms. The van der Waals surface area contributed by atoms with Crippen LogP contribution in [0.4, 0.5) is 8.78 Å². The number of hydrogen-bond donors (Lipinski definition) is 1. The maximum Gasteiger partial charge on any atom is 0.129 e. The van der Waals surface area contributed by atoms with Crippen LogP contribution in [0.2, 0.25) is 0 Å². The van der Waals surface area contributed by atoms with Crippen LogP contribution in [0.25, 0.3) is 0 Å². The van der Waals surface area contributed by atoms with Gasteiger partial charge in [0.15, 0.2) is 0 Å². The number of benzene rings is 1. The van der Waals surface area contributed by atoms with Crippen molar-refractivity contribution < 1.29 is 13.9 Å². The van der Waals surface area contributed by atoms with E-state index in [-0.39, 0.29) is 17.4 Å². The van der Waals surface area contributed by atoms with E-state index in [1.165, 1.54) is 12.1 Å². The van der Waals surface area contributed by atoms with Gasteiger partial charge >= 0.3 is 0 Å². The number of aliphatic hydroxyl groups excluding tert-OH is 1. The Hall–Kier alpha value is -0.960. The third kappa shape index (κ3) is 3.38. The van der Waals surface area contributed by atoms with Crippen molar-refractivity contribution in [1.29, 1.82) is 0 Å². The Morgan fingerprint density at radius 2 is 1.95 bits per heavy atom. The lowest BCUT2D eigenvalue weighted by molar-refractivity contribution is -0.0128. The molecule has 1 fully saturated rings. The molecule has 1 N–H and O–H groups in total. The molecule has 0 saturated heterocycles. The van der Waals surface area contributed by atoms with Crippen molar-refractivity contribution >= 4 is 0 Å². The minimum atomic E-state index is -0.546. The number of hydrogen-bond acceptors (Lipinski definition) is 1. The molecule has 112 valence electrons. The van der Waals surface area contributed by atoms with Gasteiger partial charge in [-0.15, -0.1) is 0 Å². The predicted octanol–water partition coefficient (Wildman–Crippen LogP) is 4.33. The molecule has 1 nitrogen and oxygen atoms in total. The van der Waals surface area contributed by atoms with Crippen LogP contribution in [0.1, 0.15) is 45.6 Å². The van der Waals surface area contributed by atoms with Crippen LogP contribution in [0.15, 0.2) is 18.2 Å². The van der Waals surface area contributed by atoms with E-state index >= 15 is 0 Å². The molecular formula is C17H24F2O. The van der Waals surface area contributed by atoms with Crippen LogP contribution in [0.5, 0.6) is 0 Å². The zero-order valence-corrected chi connectivity index (χ0v) is 12.5. The fourth-order valence-corrected chi connectivity index (χ4v) is 3.55. The van der Waals surface area contributed by atoms with Crippen LogP contribution in [0, 0.1) is 28.9 Å². The SMILES string of the molecule is CC1CCC(C(C)(C)Cc2ccc(F)cc2F)C(O)C1. The molecule has 0 aliphatic heterocycles. The van der Waals surface area contributed by atoms with Crippen molar-refractivity contribution in [2.45, 2.75) is 52.6 Å². The summed E-state index contributed by atoms with van der Waals surface area (Å²) in [7, 11) is 0. The van der Waals surface area contributed by atoms with Gasteiger partial charge in [-0.3, -0.25) is 0 Å². The lowest BCUT2D eigenvalue weighted by atomic mass is 9.65. The minimum Gasteiger partial charge on any atom is -0.393 e. The van der Waals surface area contributed by atoms with Gasteiger partial charge in [0.1, 0.15) is 11.6 Å². The van der Waals surface area contributed by atoms with Gasteiger partial charge in [0.05, 0.1) is 6.10 Å². The van der Waals surface area contributed by atoms with E-state index < -0.39 is 11.6 Å². The Morgan fingerprint density at radius 3 is 2.55 bits per heavy atom. The summed E-state index contributed by atoms with van der Waals surface area (Å²) in [6, 6.07) is 3.75. The third-order valence-corrected chi connectivity index (χ3v) is 4.74. The standard InChI is InChI=1S/C17H24F2O/c1-11-4-7-14(16(20)8-11)17(2,3)10-12-5-6-13(18)9-15(12)19/h5-6,9,11,14,16,20H,4,7-8,10H2,1-3H3. The van der Waals surface area contributed by atoms with Crippen molar-refractivity contribution in [2.75, 3.05) is 0 Å². The first-order valence-corrected chi connectivity index (χ1v) is 7.41. The van der Waals surface area contributed by atoms with Gasteiger partial charge in [0.25, 0.3) is 0 Å². The summed E-state index contributed by atoms with van der Waals surface area (Å²) in [6.45, 7) is 6.30. The fourth-order valence-electron chi connectivity index (χ4n) is 3.55. The fraction of sp³-hybridized carbons (Fsp3) is 0.647. The summed E-state index contributed by atoms with van der Waals surface area (Å²) in [5.41, 5.74) is 0.334. The van der Waals surface area contributed by atoms with Crippen LogP contribution in [-0.4, -0.2) is 11.2 Å². The van der Waals surface area contributed by atoms with Crippen LogP contribution < -0.4 is 0 Å². The highest BCUT2D eigenvalue weighted by atomic mass is 19.1. The second-order valence-electron chi connectivity index (χ2n) is 6.99. The maximum atomic E-state index is 13.8. The quantitative estimate of drug-likeness (QED) is 0.875. The van der Waals surface area contributed by atoms with Gasteiger partial charge in [-0.1, -0.05) is 33.3 Å². The van der Waals surface area contributed by atoms with E-state index in [0.717, 1.165) is 25.3 Å². The van der Waals surface area contributed by atoms with E-state index in [9.17, 15) is 13.9 Å². The topological polar surface area (TPSA) is 20.2 Å². The lowest BCUT2D eigenvalue weighted by Crippen LogP contribution is -2.39. The van der Waals surface area contributed by atoms with E-state index in [1.54, 1.807) is 0 Å². The van der Waals surface area contributed by atoms with Crippen LogP contribution in [-0.2, 0) is 6.42 Å². The van der Waals surface area contributed by atoms with Gasteiger partial charge < -0.3 is 5.11 Å². The molecule has 0 amide bonds. The van der Waals surface area contributed by atoms with Gasteiger partial charge in [0.2, 0.25) is 0 Å². The zero-order valence-electron chi connectivity index (χ0n) is 12.5. The molecule has 20 heavy (non-hydrogen) atoms. The molecule has 3 atom stereocenters. The highest BCUT2D eigenvalue weighted by Gasteiger charge is 2.38. The average molecular weight is 282 g/mol. The Bertz CT molecular complexity index is 470. The summed E-state index contributed by atoms with van der Waals surface area (Å²) in [5, 5.41) is 10.3. The molecule has 3 heteroatoms. The molecule has 2 rings (SSSR count). The minimum absolute atomic E-state index is 0.170. The summed E-state index contributed by atoms with van der Waals surface area (Å²) >= 11 is 0. The Kier molecular flexibility index (Phi) is 4.48. The van der Waals surface area contributed by atoms with E-state index in [4.69, 9.17) is 0 Å². The van der Waals surface area contributed by atoms with E-state index in [1.807, 2.05) is 0 Å². The third-order valence-electron chi connectivity index (χ3n) is 4.74. The summed E-state index contributed by atoms with van der Waals surface area (Å²) < 4.78 is 26.8.